The highest BCUT2D eigenvalue weighted by molar-refractivity contribution is 5.79. The van der Waals surface area contributed by atoms with Gasteiger partial charge < -0.3 is 20.7 Å². The Hall–Kier alpha value is -3.35. The molecule has 29 heavy (non-hydrogen) atoms. The summed E-state index contributed by atoms with van der Waals surface area (Å²) >= 11 is 0. The third-order valence-electron chi connectivity index (χ3n) is 4.14. The van der Waals surface area contributed by atoms with Crippen molar-refractivity contribution in [1.82, 2.24) is 0 Å². The lowest BCUT2D eigenvalue weighted by atomic mass is 9.98. The molecule has 0 unspecified atom stereocenters. The number of benzene rings is 2. The number of carbonyl (C=O) groups excluding carboxylic acids is 1. The predicted octanol–water partition coefficient (Wildman–Crippen LogP) is 4.25. The van der Waals surface area contributed by atoms with Gasteiger partial charge in [0.05, 0.1) is 0 Å². The Morgan fingerprint density at radius 2 is 1.28 bits per heavy atom. The molecule has 156 valence electrons. The van der Waals surface area contributed by atoms with Crippen LogP contribution in [0.3, 0.4) is 0 Å². The van der Waals surface area contributed by atoms with Gasteiger partial charge >= 0.3 is 18.0 Å². The van der Waals surface area contributed by atoms with Crippen molar-refractivity contribution in [3.8, 4) is 11.1 Å². The quantitative estimate of drug-likeness (QED) is 0.664. The second-order valence-electron chi connectivity index (χ2n) is 6.00. The van der Waals surface area contributed by atoms with Gasteiger partial charge in [-0.1, -0.05) is 62.4 Å². The summed E-state index contributed by atoms with van der Waals surface area (Å²) in [4.78, 5) is 30.4. The van der Waals surface area contributed by atoms with Crippen LogP contribution in [0.4, 0.5) is 4.79 Å². The van der Waals surface area contributed by atoms with Crippen LogP contribution in [0.5, 0.6) is 0 Å². The maximum absolute atomic E-state index is 10.8. The Morgan fingerprint density at radius 3 is 1.66 bits per heavy atom. The van der Waals surface area contributed by atoms with E-state index in [-0.39, 0.29) is 25.2 Å². The van der Waals surface area contributed by atoms with Crippen molar-refractivity contribution in [3.63, 3.8) is 0 Å². The molecule has 2 aromatic rings. The number of fused-ring (bicyclic) bond motifs is 3. The number of carboxylic acids is 2. The van der Waals surface area contributed by atoms with Crippen molar-refractivity contribution in [3.05, 3.63) is 59.7 Å². The Balaban J connectivity index is 0.000000327. The smallest absolute Gasteiger partial charge is 0.404 e. The van der Waals surface area contributed by atoms with E-state index in [1.165, 1.54) is 22.3 Å². The van der Waals surface area contributed by atoms with Crippen molar-refractivity contribution < 1.29 is 29.3 Å². The SMILES string of the molecule is CC.NC(=O)OCC1c2ccccc2-c2ccccc21.O=C(O)CCCC(=O)O. The van der Waals surface area contributed by atoms with Crippen LogP contribution in [-0.4, -0.2) is 34.9 Å². The number of hydrogen-bond donors (Lipinski definition) is 3. The van der Waals surface area contributed by atoms with Gasteiger partial charge in [-0.25, -0.2) is 4.79 Å². The van der Waals surface area contributed by atoms with E-state index in [9.17, 15) is 14.4 Å². The maximum Gasteiger partial charge on any atom is 0.404 e. The van der Waals surface area contributed by atoms with E-state index < -0.39 is 18.0 Å². The molecule has 0 heterocycles. The Labute approximate surface area is 170 Å². The van der Waals surface area contributed by atoms with E-state index >= 15 is 0 Å². The lowest BCUT2D eigenvalue weighted by Gasteiger charge is -2.12. The van der Waals surface area contributed by atoms with Crippen molar-refractivity contribution >= 4 is 18.0 Å². The number of hydrogen-bond acceptors (Lipinski definition) is 4. The third kappa shape index (κ3) is 7.29. The lowest BCUT2D eigenvalue weighted by Crippen LogP contribution is -2.17. The van der Waals surface area contributed by atoms with Crippen LogP contribution in [0.1, 0.15) is 50.2 Å². The van der Waals surface area contributed by atoms with Gasteiger partial charge in [0.25, 0.3) is 0 Å². The van der Waals surface area contributed by atoms with E-state index in [1.807, 2.05) is 38.1 Å². The molecule has 1 aliphatic rings. The molecule has 1 amide bonds. The fourth-order valence-corrected chi connectivity index (χ4v) is 3.00. The van der Waals surface area contributed by atoms with Crippen LogP contribution in [0.25, 0.3) is 11.1 Å². The normalized spacial score (nSPS) is 11.0. The molecule has 3 rings (SSSR count). The fraction of sp³-hybridized carbons (Fsp3) is 0.318. The molecular weight excluding hydrogens is 374 g/mol. The molecule has 0 atom stereocenters. The van der Waals surface area contributed by atoms with E-state index in [4.69, 9.17) is 20.7 Å². The number of nitrogens with two attached hydrogens (primary N) is 1. The zero-order valence-corrected chi connectivity index (χ0v) is 16.6. The van der Waals surface area contributed by atoms with Crippen molar-refractivity contribution in [2.75, 3.05) is 6.61 Å². The maximum atomic E-state index is 10.8. The van der Waals surface area contributed by atoms with Crippen molar-refractivity contribution in [2.45, 2.75) is 39.0 Å². The highest BCUT2D eigenvalue weighted by Gasteiger charge is 2.28. The monoisotopic (exact) mass is 401 g/mol. The van der Waals surface area contributed by atoms with E-state index in [0.29, 0.717) is 6.61 Å². The average Bonchev–Trinajstić information content (AvgIpc) is 3.02. The molecule has 2 aromatic carbocycles. The molecular formula is C22H27NO6. The van der Waals surface area contributed by atoms with Crippen molar-refractivity contribution in [1.29, 1.82) is 0 Å². The molecule has 0 saturated carbocycles. The van der Waals surface area contributed by atoms with Gasteiger partial charge in [0.1, 0.15) is 6.61 Å². The number of ether oxygens (including phenoxy) is 1. The Morgan fingerprint density at radius 1 is 0.862 bits per heavy atom. The molecule has 1 aliphatic carbocycles. The second kappa shape index (κ2) is 12.2. The molecule has 0 aromatic heterocycles. The number of rotatable bonds is 6. The summed E-state index contributed by atoms with van der Waals surface area (Å²) in [7, 11) is 0. The van der Waals surface area contributed by atoms with Crippen LogP contribution in [0, 0.1) is 0 Å². The van der Waals surface area contributed by atoms with Gasteiger partial charge in [-0.05, 0) is 28.7 Å². The Bertz CT molecular complexity index is 774. The van der Waals surface area contributed by atoms with E-state index in [0.717, 1.165) is 0 Å². The largest absolute Gasteiger partial charge is 0.481 e. The molecule has 0 spiro atoms. The summed E-state index contributed by atoms with van der Waals surface area (Å²) in [5, 5.41) is 16.1. The zero-order chi connectivity index (χ0) is 21.8. The molecule has 0 saturated heterocycles. The number of carbonyl (C=O) groups is 3. The minimum Gasteiger partial charge on any atom is -0.481 e. The third-order valence-corrected chi connectivity index (χ3v) is 4.14. The van der Waals surface area contributed by atoms with Crippen molar-refractivity contribution in [2.24, 2.45) is 5.73 Å². The van der Waals surface area contributed by atoms with Gasteiger partial charge in [0.2, 0.25) is 0 Å². The highest BCUT2D eigenvalue weighted by Crippen LogP contribution is 2.44. The minimum absolute atomic E-state index is 0.0632. The van der Waals surface area contributed by atoms with Crippen LogP contribution in [0.2, 0.25) is 0 Å². The molecule has 7 heteroatoms. The topological polar surface area (TPSA) is 127 Å². The fourth-order valence-electron chi connectivity index (χ4n) is 3.00. The number of aliphatic carboxylic acids is 2. The minimum atomic E-state index is -0.948. The molecule has 0 fully saturated rings. The summed E-state index contributed by atoms with van der Waals surface area (Å²) in [5.74, 6) is -1.81. The molecule has 4 N–H and O–H groups in total. The van der Waals surface area contributed by atoms with Gasteiger partial charge in [-0.15, -0.1) is 0 Å². The van der Waals surface area contributed by atoms with Gasteiger partial charge in [0.15, 0.2) is 0 Å². The summed E-state index contributed by atoms with van der Waals surface area (Å²) in [6.45, 7) is 4.30. The predicted molar refractivity (Wildman–Crippen MR) is 110 cm³/mol. The van der Waals surface area contributed by atoms with Crippen LogP contribution in [-0.2, 0) is 14.3 Å². The number of carboxylic acid groups (broad SMARTS) is 2. The number of amides is 1. The number of primary amides is 1. The first kappa shape index (κ1) is 23.7. The first-order valence-corrected chi connectivity index (χ1v) is 9.44. The molecule has 0 bridgehead atoms. The molecule has 7 nitrogen and oxygen atoms in total. The second-order valence-corrected chi connectivity index (χ2v) is 6.00. The zero-order valence-electron chi connectivity index (χ0n) is 16.6. The van der Waals surface area contributed by atoms with E-state index in [2.05, 4.69) is 24.3 Å². The molecule has 0 aliphatic heterocycles. The Kier molecular flexibility index (Phi) is 9.95. The first-order valence-electron chi connectivity index (χ1n) is 9.44. The van der Waals surface area contributed by atoms with E-state index in [1.54, 1.807) is 0 Å². The summed E-state index contributed by atoms with van der Waals surface area (Å²) < 4.78 is 4.98. The van der Waals surface area contributed by atoms with Crippen LogP contribution < -0.4 is 5.73 Å². The average molecular weight is 401 g/mol. The van der Waals surface area contributed by atoms with Crippen LogP contribution in [0.15, 0.2) is 48.5 Å². The highest BCUT2D eigenvalue weighted by atomic mass is 16.5. The standard InChI is InChI=1S/C15H13NO2.C5H8O4.C2H6/c16-15(17)18-9-14-12-7-3-1-5-10(12)11-6-2-4-8-13(11)14;6-4(7)2-1-3-5(8)9;1-2/h1-8,14H,9H2,(H2,16,17);1-3H2,(H,6,7)(H,8,9);1-2H3. The summed E-state index contributed by atoms with van der Waals surface area (Å²) in [6.07, 6.45) is -0.639. The van der Waals surface area contributed by atoms with Gasteiger partial charge in [-0.3, -0.25) is 9.59 Å². The van der Waals surface area contributed by atoms with Gasteiger partial charge in [0, 0.05) is 18.8 Å². The summed E-state index contributed by atoms with van der Waals surface area (Å²) in [6, 6.07) is 16.4. The van der Waals surface area contributed by atoms with Gasteiger partial charge in [-0.2, -0.15) is 0 Å². The first-order chi connectivity index (χ1) is 13.9. The van der Waals surface area contributed by atoms with Crippen LogP contribution >= 0.6 is 0 Å². The molecule has 0 radical (unpaired) electrons. The lowest BCUT2D eigenvalue weighted by molar-refractivity contribution is -0.138. The summed E-state index contributed by atoms with van der Waals surface area (Å²) in [5.41, 5.74) is 9.87.